The van der Waals surface area contributed by atoms with Crippen LogP contribution in [0, 0.1) is 5.41 Å². The van der Waals surface area contributed by atoms with Crippen molar-refractivity contribution in [3.05, 3.63) is 23.7 Å². The Balaban J connectivity index is 2.14. The van der Waals surface area contributed by atoms with Gasteiger partial charge < -0.3 is 4.42 Å². The van der Waals surface area contributed by atoms with Gasteiger partial charge in [-0.25, -0.2) is 0 Å². The summed E-state index contributed by atoms with van der Waals surface area (Å²) in [6, 6.07) is 4.27. The second kappa shape index (κ2) is 3.21. The van der Waals surface area contributed by atoms with Crippen LogP contribution in [0.4, 0.5) is 0 Å². The van der Waals surface area contributed by atoms with Gasteiger partial charge in [0.05, 0.1) is 0 Å². The molecular formula is C12H18O. The molecule has 2 heterocycles. The van der Waals surface area contributed by atoms with E-state index in [1.165, 1.54) is 30.8 Å². The molecule has 0 spiro atoms. The first kappa shape index (κ1) is 8.86. The van der Waals surface area contributed by atoms with E-state index in [1.807, 2.05) is 0 Å². The molecule has 0 saturated heterocycles. The van der Waals surface area contributed by atoms with E-state index in [9.17, 15) is 0 Å². The van der Waals surface area contributed by atoms with E-state index < -0.39 is 0 Å². The lowest BCUT2D eigenvalue weighted by Gasteiger charge is -2.23. The highest BCUT2D eigenvalue weighted by Gasteiger charge is 2.20. The molecule has 2 rings (SSSR count). The lowest BCUT2D eigenvalue weighted by Crippen LogP contribution is -2.12. The topological polar surface area (TPSA) is 13.1 Å². The van der Waals surface area contributed by atoms with Crippen LogP contribution in [0.3, 0.4) is 0 Å². The van der Waals surface area contributed by atoms with Gasteiger partial charge >= 0.3 is 0 Å². The molecule has 0 aliphatic carbocycles. The Morgan fingerprint density at radius 3 is 2.54 bits per heavy atom. The van der Waals surface area contributed by atoms with Crippen LogP contribution < -0.4 is 0 Å². The van der Waals surface area contributed by atoms with Crippen molar-refractivity contribution in [1.82, 2.24) is 0 Å². The lowest BCUT2D eigenvalue weighted by molar-refractivity contribution is 0.299. The molecule has 0 saturated carbocycles. The smallest absolute Gasteiger partial charge is 0.104 e. The Hall–Kier alpha value is -0.720. The van der Waals surface area contributed by atoms with Crippen molar-refractivity contribution in [3.8, 4) is 0 Å². The molecule has 1 heteroatoms. The van der Waals surface area contributed by atoms with E-state index in [0.29, 0.717) is 5.41 Å². The van der Waals surface area contributed by atoms with Crippen LogP contribution in [0.1, 0.15) is 44.6 Å². The maximum atomic E-state index is 5.70. The highest BCUT2D eigenvalue weighted by molar-refractivity contribution is 5.08. The zero-order valence-electron chi connectivity index (χ0n) is 8.60. The summed E-state index contributed by atoms with van der Waals surface area (Å²) in [4.78, 5) is 0. The van der Waals surface area contributed by atoms with Crippen LogP contribution >= 0.6 is 0 Å². The molecule has 0 atom stereocenters. The summed E-state index contributed by atoms with van der Waals surface area (Å²) in [5, 5.41) is 0. The zero-order valence-corrected chi connectivity index (χ0v) is 8.60. The van der Waals surface area contributed by atoms with Gasteiger partial charge in [-0.05, 0) is 36.8 Å². The molecule has 0 fully saturated rings. The maximum absolute atomic E-state index is 5.70. The first-order valence-corrected chi connectivity index (χ1v) is 5.23. The summed E-state index contributed by atoms with van der Waals surface area (Å²) in [5.41, 5.74) is 0.495. The van der Waals surface area contributed by atoms with Crippen LogP contribution in [0.2, 0.25) is 0 Å². The average molecular weight is 178 g/mol. The van der Waals surface area contributed by atoms with E-state index in [2.05, 4.69) is 26.0 Å². The molecule has 0 aromatic carbocycles. The predicted octanol–water partition coefficient (Wildman–Crippen LogP) is 3.57. The highest BCUT2D eigenvalue weighted by atomic mass is 16.3. The summed E-state index contributed by atoms with van der Waals surface area (Å²) in [7, 11) is 0. The first-order chi connectivity index (χ1) is 6.16. The summed E-state index contributed by atoms with van der Waals surface area (Å²) < 4.78 is 5.70. The Bertz CT molecular complexity index is 283. The SMILES string of the molecule is CC1(C)CCCc2ccc(o2)CC1. The second-order valence-corrected chi connectivity index (χ2v) is 4.89. The Morgan fingerprint density at radius 1 is 1.08 bits per heavy atom. The largest absolute Gasteiger partial charge is 0.466 e. The molecule has 0 radical (unpaired) electrons. The molecule has 1 nitrogen and oxygen atoms in total. The van der Waals surface area contributed by atoms with Crippen molar-refractivity contribution in [3.63, 3.8) is 0 Å². The zero-order chi connectivity index (χ0) is 9.31. The quantitative estimate of drug-likeness (QED) is 0.592. The maximum Gasteiger partial charge on any atom is 0.104 e. The third-order valence-electron chi connectivity index (χ3n) is 3.04. The summed E-state index contributed by atoms with van der Waals surface area (Å²) in [6.07, 6.45) is 6.05. The van der Waals surface area contributed by atoms with Gasteiger partial charge in [0.15, 0.2) is 0 Å². The van der Waals surface area contributed by atoms with Gasteiger partial charge in [-0.1, -0.05) is 13.8 Å². The van der Waals surface area contributed by atoms with Crippen LogP contribution in [-0.2, 0) is 12.8 Å². The van der Waals surface area contributed by atoms with Crippen LogP contribution in [0.25, 0.3) is 0 Å². The third kappa shape index (κ3) is 2.15. The highest BCUT2D eigenvalue weighted by Crippen LogP contribution is 2.31. The van der Waals surface area contributed by atoms with Gasteiger partial charge in [0.2, 0.25) is 0 Å². The molecule has 0 amide bonds. The van der Waals surface area contributed by atoms with E-state index in [1.54, 1.807) is 0 Å². The lowest BCUT2D eigenvalue weighted by atomic mass is 9.82. The molecule has 1 aromatic heterocycles. The van der Waals surface area contributed by atoms with Crippen molar-refractivity contribution in [1.29, 1.82) is 0 Å². The van der Waals surface area contributed by atoms with Crippen LogP contribution in [0.15, 0.2) is 16.5 Å². The number of aryl methyl sites for hydroxylation is 2. The fourth-order valence-corrected chi connectivity index (χ4v) is 2.02. The minimum Gasteiger partial charge on any atom is -0.466 e. The Labute approximate surface area is 80.1 Å². The van der Waals surface area contributed by atoms with Crippen molar-refractivity contribution in [2.75, 3.05) is 0 Å². The van der Waals surface area contributed by atoms with E-state index in [4.69, 9.17) is 4.42 Å². The molecule has 1 aromatic rings. The fraction of sp³-hybridized carbons (Fsp3) is 0.667. The molecule has 1 aliphatic rings. The monoisotopic (exact) mass is 178 g/mol. The number of hydrogen-bond acceptors (Lipinski definition) is 1. The van der Waals surface area contributed by atoms with Gasteiger partial charge in [-0.3, -0.25) is 0 Å². The molecular weight excluding hydrogens is 160 g/mol. The molecule has 72 valence electrons. The fourth-order valence-electron chi connectivity index (χ4n) is 2.02. The van der Waals surface area contributed by atoms with Gasteiger partial charge in [0.1, 0.15) is 11.5 Å². The summed E-state index contributed by atoms with van der Waals surface area (Å²) in [5.74, 6) is 2.35. The van der Waals surface area contributed by atoms with Gasteiger partial charge in [0.25, 0.3) is 0 Å². The Kier molecular flexibility index (Phi) is 2.19. The molecule has 1 aliphatic heterocycles. The summed E-state index contributed by atoms with van der Waals surface area (Å²) in [6.45, 7) is 4.72. The van der Waals surface area contributed by atoms with E-state index in [-0.39, 0.29) is 0 Å². The molecule has 0 unspecified atom stereocenters. The molecule has 2 bridgehead atoms. The van der Waals surface area contributed by atoms with Crippen LogP contribution in [-0.4, -0.2) is 0 Å². The van der Waals surface area contributed by atoms with Crippen molar-refractivity contribution >= 4 is 0 Å². The average Bonchev–Trinajstić information content (AvgIpc) is 2.50. The third-order valence-corrected chi connectivity index (χ3v) is 3.04. The predicted molar refractivity (Wildman–Crippen MR) is 53.7 cm³/mol. The van der Waals surface area contributed by atoms with Gasteiger partial charge in [-0.2, -0.15) is 0 Å². The van der Waals surface area contributed by atoms with E-state index in [0.717, 1.165) is 12.8 Å². The van der Waals surface area contributed by atoms with Crippen molar-refractivity contribution < 1.29 is 4.42 Å². The molecule has 13 heavy (non-hydrogen) atoms. The minimum atomic E-state index is 0.495. The van der Waals surface area contributed by atoms with Gasteiger partial charge in [0, 0.05) is 12.8 Å². The van der Waals surface area contributed by atoms with Gasteiger partial charge in [-0.15, -0.1) is 0 Å². The number of furan rings is 1. The second-order valence-electron chi connectivity index (χ2n) is 4.89. The number of hydrogen-bond donors (Lipinski definition) is 0. The van der Waals surface area contributed by atoms with Crippen molar-refractivity contribution in [2.45, 2.75) is 46.0 Å². The standard InChI is InChI=1S/C12H18O/c1-12(2)8-3-4-10-5-6-11(13-10)7-9-12/h5-6H,3-4,7-9H2,1-2H3. The minimum absolute atomic E-state index is 0.495. The van der Waals surface area contributed by atoms with Crippen molar-refractivity contribution in [2.24, 2.45) is 5.41 Å². The Morgan fingerprint density at radius 2 is 1.77 bits per heavy atom. The summed E-state index contributed by atoms with van der Waals surface area (Å²) >= 11 is 0. The van der Waals surface area contributed by atoms with Crippen LogP contribution in [0.5, 0.6) is 0 Å². The van der Waals surface area contributed by atoms with E-state index >= 15 is 0 Å². The first-order valence-electron chi connectivity index (χ1n) is 5.23. The normalized spacial score (nSPS) is 21.7. The number of rotatable bonds is 0. The molecule has 0 N–H and O–H groups in total. The number of fused-ring (bicyclic) bond motifs is 2.